The van der Waals surface area contributed by atoms with E-state index in [9.17, 15) is 0 Å². The quantitative estimate of drug-likeness (QED) is 0.523. The minimum atomic E-state index is -1.25. The van der Waals surface area contributed by atoms with Crippen LogP contribution in [0, 0.1) is 0 Å². The summed E-state index contributed by atoms with van der Waals surface area (Å²) >= 11 is 0. The van der Waals surface area contributed by atoms with Gasteiger partial charge in [0.05, 0.1) is 55.6 Å². The van der Waals surface area contributed by atoms with Crippen LogP contribution < -0.4 is 0 Å². The molecule has 1 rings (SSSR count). The van der Waals surface area contributed by atoms with Crippen LogP contribution in [0.2, 0.25) is 0 Å². The average molecular weight is 281 g/mol. The SMILES string of the molecule is [2H]C([3H])OCCOCCOCCOC[C@@H]1COC(C)(C)O1. The van der Waals surface area contributed by atoms with Gasteiger partial charge >= 0.3 is 0 Å². The second-order valence-corrected chi connectivity index (χ2v) is 4.62. The number of ether oxygens (including phenoxy) is 6. The molecular weight excluding hydrogens is 252 g/mol. The summed E-state index contributed by atoms with van der Waals surface area (Å²) in [5, 5.41) is 0. The third-order valence-corrected chi connectivity index (χ3v) is 2.46. The molecule has 2 atom stereocenters. The van der Waals surface area contributed by atoms with E-state index in [1.807, 2.05) is 13.8 Å². The Balaban J connectivity index is 1.77. The molecule has 0 saturated carbocycles. The molecule has 0 N–H and O–H groups in total. The molecule has 0 radical (unpaired) electrons. The van der Waals surface area contributed by atoms with Gasteiger partial charge < -0.3 is 28.4 Å². The summed E-state index contributed by atoms with van der Waals surface area (Å²) in [5.41, 5.74) is 0. The lowest BCUT2D eigenvalue weighted by molar-refractivity contribution is -0.145. The van der Waals surface area contributed by atoms with E-state index < -0.39 is 12.8 Å². The monoisotopic (exact) mass is 281 g/mol. The van der Waals surface area contributed by atoms with Crippen LogP contribution in [0.3, 0.4) is 0 Å². The number of hydrogen-bond acceptors (Lipinski definition) is 6. The molecule has 1 aliphatic heterocycles. The van der Waals surface area contributed by atoms with Crippen LogP contribution in [0.15, 0.2) is 0 Å². The van der Waals surface area contributed by atoms with E-state index in [0.29, 0.717) is 46.2 Å². The lowest BCUT2D eigenvalue weighted by atomic mass is 10.4. The Morgan fingerprint density at radius 3 is 2.37 bits per heavy atom. The molecule has 0 bridgehead atoms. The van der Waals surface area contributed by atoms with Gasteiger partial charge in [-0.1, -0.05) is 0 Å². The molecule has 1 heterocycles. The first-order valence-corrected chi connectivity index (χ1v) is 6.51. The summed E-state index contributed by atoms with van der Waals surface area (Å²) in [5.74, 6) is -0.508. The predicted molar refractivity (Wildman–Crippen MR) is 69.2 cm³/mol. The standard InChI is InChI=1S/C13H26O6/c1-13(2)18-11-12(19-13)10-17-9-8-16-7-6-15-5-4-14-3/h12H,4-11H2,1-3H3/t12-/m1/s1/i3TD/t3?,12-. The number of hydrogen-bond donors (Lipinski definition) is 0. The molecule has 114 valence electrons. The van der Waals surface area contributed by atoms with Crippen molar-refractivity contribution in [3.63, 3.8) is 0 Å². The summed E-state index contributed by atoms with van der Waals surface area (Å²) in [7, 11) is -1.25. The molecule has 0 aromatic heterocycles. The third-order valence-electron chi connectivity index (χ3n) is 2.46. The van der Waals surface area contributed by atoms with Crippen molar-refractivity contribution < 1.29 is 31.2 Å². The molecule has 1 aliphatic rings. The van der Waals surface area contributed by atoms with Crippen LogP contribution in [0.25, 0.3) is 0 Å². The van der Waals surface area contributed by atoms with Crippen molar-refractivity contribution in [2.75, 3.05) is 59.9 Å². The first-order valence-electron chi connectivity index (χ1n) is 7.66. The molecule has 1 fully saturated rings. The van der Waals surface area contributed by atoms with Gasteiger partial charge in [0.1, 0.15) is 6.10 Å². The Morgan fingerprint density at radius 1 is 1.16 bits per heavy atom. The van der Waals surface area contributed by atoms with Crippen molar-refractivity contribution >= 4 is 0 Å². The molecule has 6 nitrogen and oxygen atoms in total. The second kappa shape index (κ2) is 9.63. The predicted octanol–water partition coefficient (Wildman–Crippen LogP) is 0.834. The van der Waals surface area contributed by atoms with Crippen LogP contribution in [-0.4, -0.2) is 71.8 Å². The zero-order valence-electron chi connectivity index (χ0n) is 13.8. The van der Waals surface area contributed by atoms with Crippen molar-refractivity contribution in [1.29, 1.82) is 0 Å². The number of rotatable bonds is 11. The van der Waals surface area contributed by atoms with Crippen molar-refractivity contribution in [3.8, 4) is 0 Å². The van der Waals surface area contributed by atoms with Crippen molar-refractivity contribution in [1.82, 2.24) is 0 Å². The molecule has 6 heteroatoms. The highest BCUT2D eigenvalue weighted by Crippen LogP contribution is 2.22. The normalized spacial score (nSPS) is 25.1. The van der Waals surface area contributed by atoms with E-state index in [0.717, 1.165) is 0 Å². The maximum absolute atomic E-state index is 6.81. The molecule has 19 heavy (non-hydrogen) atoms. The molecule has 1 unspecified atom stereocenters. The molecule has 0 spiro atoms. The fourth-order valence-electron chi connectivity index (χ4n) is 1.61. The first-order chi connectivity index (χ1) is 9.99. The summed E-state index contributed by atoms with van der Waals surface area (Å²) < 4.78 is 45.3. The fourth-order valence-corrected chi connectivity index (χ4v) is 1.61. The summed E-state index contributed by atoms with van der Waals surface area (Å²) in [6.45, 7) is 7.38. The maximum atomic E-state index is 6.81. The highest BCUT2D eigenvalue weighted by Gasteiger charge is 2.32. The van der Waals surface area contributed by atoms with E-state index in [4.69, 9.17) is 31.2 Å². The minimum absolute atomic E-state index is 0.0128. The topological polar surface area (TPSA) is 55.4 Å². The largest absolute Gasteiger partial charge is 0.382 e. The lowest BCUT2D eigenvalue weighted by Crippen LogP contribution is -2.24. The Bertz CT molecular complexity index is 265. The molecular formula is C13H26O6. The zero-order valence-corrected chi connectivity index (χ0v) is 11.8. The number of methoxy groups -OCH3 is 1. The molecule has 0 amide bonds. The summed E-state index contributed by atoms with van der Waals surface area (Å²) in [6, 6.07) is 0. The highest BCUT2D eigenvalue weighted by molar-refractivity contribution is 4.70. The molecule has 1 saturated heterocycles. The highest BCUT2D eigenvalue weighted by atomic mass is 16.7. The second-order valence-electron chi connectivity index (χ2n) is 4.62. The summed E-state index contributed by atoms with van der Waals surface area (Å²) in [4.78, 5) is 0. The fraction of sp³-hybridized carbons (Fsp3) is 1.00. The van der Waals surface area contributed by atoms with Crippen LogP contribution >= 0.6 is 0 Å². The van der Waals surface area contributed by atoms with Gasteiger partial charge in [-0.2, -0.15) is 0 Å². The van der Waals surface area contributed by atoms with Gasteiger partial charge in [-0.05, 0) is 13.8 Å². The van der Waals surface area contributed by atoms with Crippen molar-refractivity contribution in [2.24, 2.45) is 0 Å². The molecule has 0 aromatic carbocycles. The lowest BCUT2D eigenvalue weighted by Gasteiger charge is -2.17. The van der Waals surface area contributed by atoms with Crippen LogP contribution in [0.1, 0.15) is 16.6 Å². The van der Waals surface area contributed by atoms with Crippen molar-refractivity contribution in [3.05, 3.63) is 0 Å². The molecule has 0 aliphatic carbocycles. The van der Waals surface area contributed by atoms with E-state index in [2.05, 4.69) is 0 Å². The Labute approximate surface area is 118 Å². The van der Waals surface area contributed by atoms with Gasteiger partial charge in [0.15, 0.2) is 5.79 Å². The first kappa shape index (κ1) is 13.7. The zero-order chi connectivity index (χ0) is 15.6. The van der Waals surface area contributed by atoms with Crippen LogP contribution in [0.4, 0.5) is 0 Å². The van der Waals surface area contributed by atoms with E-state index in [1.54, 1.807) is 0 Å². The minimum Gasteiger partial charge on any atom is -0.382 e. The Morgan fingerprint density at radius 2 is 1.79 bits per heavy atom. The van der Waals surface area contributed by atoms with Gasteiger partial charge in [-0.3, -0.25) is 0 Å². The van der Waals surface area contributed by atoms with E-state index >= 15 is 0 Å². The summed E-state index contributed by atoms with van der Waals surface area (Å²) in [6.07, 6.45) is -0.0128. The van der Waals surface area contributed by atoms with E-state index in [1.165, 1.54) is 0 Å². The van der Waals surface area contributed by atoms with Gasteiger partial charge in [0.2, 0.25) is 0 Å². The maximum Gasteiger partial charge on any atom is 0.163 e. The van der Waals surface area contributed by atoms with Gasteiger partial charge in [-0.25, -0.2) is 0 Å². The van der Waals surface area contributed by atoms with Crippen LogP contribution in [-0.2, 0) is 28.4 Å². The van der Waals surface area contributed by atoms with Crippen molar-refractivity contribution in [2.45, 2.75) is 25.7 Å². The Hall–Kier alpha value is -0.240. The third kappa shape index (κ3) is 8.52. The molecule has 0 aromatic rings. The van der Waals surface area contributed by atoms with Gasteiger partial charge in [0.25, 0.3) is 0 Å². The van der Waals surface area contributed by atoms with Crippen LogP contribution in [0.5, 0.6) is 0 Å². The Kier molecular flexibility index (Phi) is 6.96. The smallest absolute Gasteiger partial charge is 0.163 e. The average Bonchev–Trinajstić information content (AvgIpc) is 2.75. The van der Waals surface area contributed by atoms with E-state index in [-0.39, 0.29) is 12.7 Å². The van der Waals surface area contributed by atoms with Gasteiger partial charge in [0, 0.05) is 7.06 Å². The van der Waals surface area contributed by atoms with Gasteiger partial charge in [-0.15, -0.1) is 0 Å².